The van der Waals surface area contributed by atoms with Crippen LogP contribution >= 0.6 is 15.9 Å². The van der Waals surface area contributed by atoms with Crippen LogP contribution in [0.4, 0.5) is 8.78 Å². The van der Waals surface area contributed by atoms with Crippen molar-refractivity contribution in [2.45, 2.75) is 31.6 Å². The van der Waals surface area contributed by atoms with E-state index < -0.39 is 23.7 Å². The Balaban J connectivity index is 2.14. The number of rotatable bonds is 5. The van der Waals surface area contributed by atoms with Crippen LogP contribution in [0.2, 0.25) is 0 Å². The second-order valence-corrected chi connectivity index (χ2v) is 5.52. The highest BCUT2D eigenvalue weighted by Gasteiger charge is 2.57. The van der Waals surface area contributed by atoms with E-state index in [1.807, 2.05) is 0 Å². The summed E-state index contributed by atoms with van der Waals surface area (Å²) in [5.41, 5.74) is 0.476. The first-order chi connectivity index (χ1) is 8.94. The zero-order chi connectivity index (χ0) is 14.0. The highest BCUT2D eigenvalue weighted by Crippen LogP contribution is 2.53. The number of carbonyl (C=O) groups is 1. The molecule has 0 amide bonds. The van der Waals surface area contributed by atoms with Gasteiger partial charge in [-0.1, -0.05) is 0 Å². The molecule has 1 aromatic rings. The van der Waals surface area contributed by atoms with E-state index in [0.29, 0.717) is 5.69 Å². The van der Waals surface area contributed by atoms with Crippen LogP contribution in [0.25, 0.3) is 0 Å². The quantitative estimate of drug-likeness (QED) is 0.774. The Kier molecular flexibility index (Phi) is 4.18. The molecular weight excluding hydrogens is 320 g/mol. The number of carbonyl (C=O) groups excluding carboxylic acids is 1. The van der Waals surface area contributed by atoms with Crippen LogP contribution in [0.5, 0.6) is 0 Å². The summed E-state index contributed by atoms with van der Waals surface area (Å²) in [6.07, 6.45) is 1.48. The zero-order valence-electron chi connectivity index (χ0n) is 10.4. The molecule has 1 aromatic heterocycles. The van der Waals surface area contributed by atoms with Crippen LogP contribution < -0.4 is 0 Å². The Labute approximate surface area is 118 Å². The molecule has 1 aliphatic carbocycles. The number of hydrogen-bond acceptors (Lipinski definition) is 3. The lowest BCUT2D eigenvalue weighted by atomic mass is 9.97. The minimum atomic E-state index is -2.64. The van der Waals surface area contributed by atoms with Crippen molar-refractivity contribution in [3.05, 3.63) is 28.5 Å². The number of alkyl halides is 2. The van der Waals surface area contributed by atoms with Crippen molar-refractivity contribution in [3.8, 4) is 0 Å². The van der Waals surface area contributed by atoms with Gasteiger partial charge in [0.15, 0.2) is 0 Å². The fraction of sp³-hybridized carbons (Fsp3) is 0.538. The largest absolute Gasteiger partial charge is 0.465 e. The smallest absolute Gasteiger partial charge is 0.315 e. The number of esters is 1. The molecule has 1 fully saturated rings. The SMILES string of the molecule is CCOC(=O)C(CC1CC1(F)F)c1ccc(Br)cn1. The maximum Gasteiger partial charge on any atom is 0.315 e. The summed E-state index contributed by atoms with van der Waals surface area (Å²) in [5.74, 6) is -4.58. The van der Waals surface area contributed by atoms with Crippen LogP contribution in [-0.2, 0) is 9.53 Å². The molecule has 1 heterocycles. The second kappa shape index (κ2) is 5.53. The minimum Gasteiger partial charge on any atom is -0.465 e. The number of hydrogen-bond donors (Lipinski definition) is 0. The maximum atomic E-state index is 13.0. The third kappa shape index (κ3) is 3.49. The van der Waals surface area contributed by atoms with E-state index in [1.165, 1.54) is 0 Å². The summed E-state index contributed by atoms with van der Waals surface area (Å²) in [7, 11) is 0. The van der Waals surface area contributed by atoms with Crippen molar-refractivity contribution < 1.29 is 18.3 Å². The van der Waals surface area contributed by atoms with E-state index in [0.717, 1.165) is 4.47 Å². The Hall–Kier alpha value is -1.04. The number of aromatic nitrogens is 1. The Morgan fingerprint density at radius 3 is 2.79 bits per heavy atom. The molecule has 2 atom stereocenters. The van der Waals surface area contributed by atoms with Crippen molar-refractivity contribution in [1.29, 1.82) is 0 Å². The first-order valence-corrected chi connectivity index (χ1v) is 6.89. The molecule has 0 bridgehead atoms. The van der Waals surface area contributed by atoms with Gasteiger partial charge in [-0.15, -0.1) is 0 Å². The number of ether oxygens (including phenoxy) is 1. The highest BCUT2D eigenvalue weighted by atomic mass is 79.9. The molecule has 0 N–H and O–H groups in total. The molecule has 19 heavy (non-hydrogen) atoms. The van der Waals surface area contributed by atoms with Gasteiger partial charge in [-0.2, -0.15) is 0 Å². The van der Waals surface area contributed by atoms with Crippen molar-refractivity contribution in [2.75, 3.05) is 6.61 Å². The van der Waals surface area contributed by atoms with E-state index in [1.54, 1.807) is 25.3 Å². The summed E-state index contributed by atoms with van der Waals surface area (Å²) in [6.45, 7) is 1.92. The van der Waals surface area contributed by atoms with Gasteiger partial charge in [0.2, 0.25) is 0 Å². The Morgan fingerprint density at radius 2 is 2.32 bits per heavy atom. The number of nitrogens with zero attached hydrogens (tertiary/aromatic N) is 1. The van der Waals surface area contributed by atoms with Gasteiger partial charge in [0.25, 0.3) is 5.92 Å². The molecule has 0 spiro atoms. The predicted octanol–water partition coefficient (Wildman–Crippen LogP) is 3.54. The molecule has 0 aliphatic heterocycles. The summed E-state index contributed by atoms with van der Waals surface area (Å²) >= 11 is 3.24. The maximum absolute atomic E-state index is 13.0. The van der Waals surface area contributed by atoms with E-state index in [9.17, 15) is 13.6 Å². The first-order valence-electron chi connectivity index (χ1n) is 6.10. The van der Waals surface area contributed by atoms with Crippen LogP contribution in [0.1, 0.15) is 31.4 Å². The second-order valence-electron chi connectivity index (χ2n) is 4.60. The van der Waals surface area contributed by atoms with E-state index in [-0.39, 0.29) is 19.4 Å². The normalized spacial score (nSPS) is 21.8. The van der Waals surface area contributed by atoms with E-state index in [4.69, 9.17) is 4.74 Å². The summed E-state index contributed by atoms with van der Waals surface area (Å²) in [6, 6.07) is 3.39. The van der Waals surface area contributed by atoms with Gasteiger partial charge < -0.3 is 4.74 Å². The fourth-order valence-corrected chi connectivity index (χ4v) is 2.22. The van der Waals surface area contributed by atoms with Gasteiger partial charge >= 0.3 is 5.97 Å². The predicted molar refractivity (Wildman–Crippen MR) is 69.0 cm³/mol. The molecule has 104 valence electrons. The molecule has 3 nitrogen and oxygen atoms in total. The molecule has 1 saturated carbocycles. The third-order valence-electron chi connectivity index (χ3n) is 3.15. The molecular formula is C13H14BrF2NO2. The van der Waals surface area contributed by atoms with Gasteiger partial charge in [-0.05, 0) is 41.4 Å². The Bertz CT molecular complexity index is 464. The third-order valence-corrected chi connectivity index (χ3v) is 3.62. The first kappa shape index (κ1) is 14.4. The van der Waals surface area contributed by atoms with Crippen molar-refractivity contribution in [2.24, 2.45) is 5.92 Å². The van der Waals surface area contributed by atoms with E-state index in [2.05, 4.69) is 20.9 Å². The molecule has 0 radical (unpaired) electrons. The summed E-state index contributed by atoms with van der Waals surface area (Å²) in [5, 5.41) is 0. The molecule has 2 unspecified atom stereocenters. The lowest BCUT2D eigenvalue weighted by molar-refractivity contribution is -0.145. The topological polar surface area (TPSA) is 39.2 Å². The van der Waals surface area contributed by atoms with E-state index >= 15 is 0 Å². The molecule has 0 saturated heterocycles. The lowest BCUT2D eigenvalue weighted by Gasteiger charge is -2.14. The molecule has 6 heteroatoms. The zero-order valence-corrected chi connectivity index (χ0v) is 12.0. The van der Waals surface area contributed by atoms with Gasteiger partial charge in [0.1, 0.15) is 0 Å². The average molecular weight is 334 g/mol. The van der Waals surface area contributed by atoms with Crippen LogP contribution in [0.15, 0.2) is 22.8 Å². The van der Waals surface area contributed by atoms with Gasteiger partial charge in [-0.25, -0.2) is 8.78 Å². The van der Waals surface area contributed by atoms with Gasteiger partial charge in [-0.3, -0.25) is 9.78 Å². The van der Waals surface area contributed by atoms with Crippen LogP contribution in [0, 0.1) is 5.92 Å². The van der Waals surface area contributed by atoms with Gasteiger partial charge in [0.05, 0.1) is 18.2 Å². The van der Waals surface area contributed by atoms with Crippen LogP contribution in [0.3, 0.4) is 0 Å². The molecule has 1 aliphatic rings. The average Bonchev–Trinajstić information content (AvgIpc) is 2.95. The standard InChI is InChI=1S/C13H14BrF2NO2/c1-2-19-12(18)10(5-8-6-13(8,15)16)11-4-3-9(14)7-17-11/h3-4,7-8,10H,2,5-6H2,1H3. The number of pyridine rings is 1. The van der Waals surface area contributed by atoms with Crippen LogP contribution in [-0.4, -0.2) is 23.5 Å². The van der Waals surface area contributed by atoms with Crippen molar-refractivity contribution in [1.82, 2.24) is 4.98 Å². The lowest BCUT2D eigenvalue weighted by Crippen LogP contribution is -2.18. The highest BCUT2D eigenvalue weighted by molar-refractivity contribution is 9.10. The Morgan fingerprint density at radius 1 is 1.63 bits per heavy atom. The summed E-state index contributed by atoms with van der Waals surface area (Å²) in [4.78, 5) is 16.0. The monoisotopic (exact) mass is 333 g/mol. The summed E-state index contributed by atoms with van der Waals surface area (Å²) < 4.78 is 31.7. The number of halogens is 3. The molecule has 2 rings (SSSR count). The van der Waals surface area contributed by atoms with Crippen molar-refractivity contribution in [3.63, 3.8) is 0 Å². The van der Waals surface area contributed by atoms with Gasteiger partial charge in [0, 0.05) is 23.0 Å². The fourth-order valence-electron chi connectivity index (χ4n) is 1.98. The minimum absolute atomic E-state index is 0.0838. The van der Waals surface area contributed by atoms with Crippen molar-refractivity contribution >= 4 is 21.9 Å². The molecule has 0 aromatic carbocycles.